The van der Waals surface area contributed by atoms with Crippen LogP contribution in [0.5, 0.6) is 5.75 Å². The van der Waals surface area contributed by atoms with Gasteiger partial charge in [0.2, 0.25) is 0 Å². The number of ether oxygens (including phenoxy) is 2. The molecule has 0 spiro atoms. The van der Waals surface area contributed by atoms with Crippen LogP contribution in [0.15, 0.2) is 53.7 Å². The first-order valence-electron chi connectivity index (χ1n) is 9.37. The molecule has 1 saturated heterocycles. The fourth-order valence-corrected chi connectivity index (χ4v) is 3.04. The molecule has 2 N–H and O–H groups in total. The number of rotatable bonds is 7. The molecular formula is C21H29IN4O2. The van der Waals surface area contributed by atoms with Crippen molar-refractivity contribution >= 4 is 29.9 Å². The van der Waals surface area contributed by atoms with Crippen LogP contribution in [0, 0.1) is 0 Å². The van der Waals surface area contributed by atoms with Gasteiger partial charge in [-0.1, -0.05) is 18.2 Å². The molecule has 0 radical (unpaired) electrons. The van der Waals surface area contributed by atoms with E-state index in [0.717, 1.165) is 49.0 Å². The number of nitrogens with zero attached hydrogens (tertiary/aromatic N) is 2. The monoisotopic (exact) mass is 496 g/mol. The van der Waals surface area contributed by atoms with Gasteiger partial charge in [-0.3, -0.25) is 9.98 Å². The summed E-state index contributed by atoms with van der Waals surface area (Å²) in [5.74, 6) is 1.60. The van der Waals surface area contributed by atoms with Crippen molar-refractivity contribution in [2.75, 3.05) is 20.2 Å². The van der Waals surface area contributed by atoms with Gasteiger partial charge in [0, 0.05) is 32.9 Å². The maximum atomic E-state index is 5.84. The number of benzene rings is 1. The van der Waals surface area contributed by atoms with Crippen molar-refractivity contribution in [2.24, 2.45) is 4.99 Å². The minimum Gasteiger partial charge on any atom is -0.487 e. The summed E-state index contributed by atoms with van der Waals surface area (Å²) in [6.07, 6.45) is 3.97. The summed E-state index contributed by atoms with van der Waals surface area (Å²) in [6, 6.07) is 13.9. The first-order valence-corrected chi connectivity index (χ1v) is 9.37. The van der Waals surface area contributed by atoms with Crippen molar-refractivity contribution in [3.8, 4) is 5.75 Å². The van der Waals surface area contributed by atoms with Gasteiger partial charge in [0.05, 0.1) is 11.3 Å². The number of hydrogen-bond acceptors (Lipinski definition) is 4. The molecular weight excluding hydrogens is 467 g/mol. The molecule has 0 bridgehead atoms. The molecule has 2 heterocycles. The second-order valence-electron chi connectivity index (χ2n) is 6.94. The fourth-order valence-electron chi connectivity index (χ4n) is 3.04. The highest BCUT2D eigenvalue weighted by molar-refractivity contribution is 14.0. The molecule has 1 fully saturated rings. The lowest BCUT2D eigenvalue weighted by Crippen LogP contribution is -2.45. The minimum absolute atomic E-state index is 0. The molecule has 2 aromatic rings. The lowest BCUT2D eigenvalue weighted by atomic mass is 10.0. The second kappa shape index (κ2) is 11.2. The Morgan fingerprint density at radius 3 is 2.86 bits per heavy atom. The van der Waals surface area contributed by atoms with Crippen molar-refractivity contribution in [1.29, 1.82) is 0 Å². The van der Waals surface area contributed by atoms with Gasteiger partial charge in [-0.15, -0.1) is 24.0 Å². The van der Waals surface area contributed by atoms with E-state index in [2.05, 4.69) is 33.6 Å². The van der Waals surface area contributed by atoms with Gasteiger partial charge in [-0.05, 0) is 49.6 Å². The van der Waals surface area contributed by atoms with Crippen LogP contribution in [-0.2, 0) is 17.9 Å². The molecule has 152 valence electrons. The predicted octanol–water partition coefficient (Wildman–Crippen LogP) is 3.51. The quantitative estimate of drug-likeness (QED) is 0.349. The summed E-state index contributed by atoms with van der Waals surface area (Å²) >= 11 is 0. The van der Waals surface area contributed by atoms with Crippen molar-refractivity contribution in [3.63, 3.8) is 0 Å². The molecule has 1 aromatic heterocycles. The van der Waals surface area contributed by atoms with Crippen molar-refractivity contribution in [1.82, 2.24) is 15.6 Å². The lowest BCUT2D eigenvalue weighted by Gasteiger charge is -2.24. The number of aromatic nitrogens is 1. The van der Waals surface area contributed by atoms with E-state index in [4.69, 9.17) is 9.47 Å². The number of aliphatic imine (C=N–C) groups is 1. The van der Waals surface area contributed by atoms with E-state index >= 15 is 0 Å². The number of pyridine rings is 1. The highest BCUT2D eigenvalue weighted by atomic mass is 127. The van der Waals surface area contributed by atoms with E-state index in [1.54, 1.807) is 13.2 Å². The zero-order valence-electron chi connectivity index (χ0n) is 16.5. The van der Waals surface area contributed by atoms with Crippen LogP contribution in [0.4, 0.5) is 0 Å². The van der Waals surface area contributed by atoms with Crippen molar-refractivity contribution < 1.29 is 9.47 Å². The van der Waals surface area contributed by atoms with Crippen LogP contribution >= 0.6 is 24.0 Å². The Hall–Kier alpha value is -1.87. The van der Waals surface area contributed by atoms with E-state index in [0.29, 0.717) is 13.2 Å². The van der Waals surface area contributed by atoms with Crippen molar-refractivity contribution in [3.05, 3.63) is 59.9 Å². The van der Waals surface area contributed by atoms with Gasteiger partial charge in [-0.25, -0.2) is 0 Å². The molecule has 1 aliphatic heterocycles. The molecule has 7 heteroatoms. The van der Waals surface area contributed by atoms with E-state index in [-0.39, 0.29) is 29.6 Å². The van der Waals surface area contributed by atoms with Crippen molar-refractivity contribution in [2.45, 2.75) is 38.5 Å². The van der Waals surface area contributed by atoms with Crippen LogP contribution < -0.4 is 15.4 Å². The van der Waals surface area contributed by atoms with Gasteiger partial charge >= 0.3 is 0 Å². The molecule has 6 nitrogen and oxygen atoms in total. The molecule has 1 atom stereocenters. The summed E-state index contributed by atoms with van der Waals surface area (Å²) in [6.45, 7) is 4.86. The highest BCUT2D eigenvalue weighted by Gasteiger charge is 2.29. The molecule has 1 aliphatic rings. The van der Waals surface area contributed by atoms with Crippen LogP contribution in [0.25, 0.3) is 0 Å². The maximum absolute atomic E-state index is 5.84. The van der Waals surface area contributed by atoms with Crippen LogP contribution in [0.3, 0.4) is 0 Å². The Morgan fingerprint density at radius 1 is 1.25 bits per heavy atom. The largest absolute Gasteiger partial charge is 0.487 e. The Morgan fingerprint density at radius 2 is 2.14 bits per heavy atom. The lowest BCUT2D eigenvalue weighted by molar-refractivity contribution is 0.0243. The molecule has 0 amide bonds. The smallest absolute Gasteiger partial charge is 0.191 e. The second-order valence-corrected chi connectivity index (χ2v) is 6.94. The van der Waals surface area contributed by atoms with E-state index < -0.39 is 0 Å². The summed E-state index contributed by atoms with van der Waals surface area (Å²) in [5.41, 5.74) is 1.93. The van der Waals surface area contributed by atoms with E-state index in [9.17, 15) is 0 Å². The summed E-state index contributed by atoms with van der Waals surface area (Å²) in [7, 11) is 1.78. The summed E-state index contributed by atoms with van der Waals surface area (Å²) in [5, 5.41) is 6.70. The summed E-state index contributed by atoms with van der Waals surface area (Å²) in [4.78, 5) is 8.57. The van der Waals surface area contributed by atoms with Crippen LogP contribution in [0.2, 0.25) is 0 Å². The standard InChI is InChI=1S/C21H28N4O2.HI/c1-21(10-6-12-27-21)16-25-20(22-2)24-14-17-7-5-9-19(13-17)26-15-18-8-3-4-11-23-18;/h3-5,7-9,11,13H,6,10,12,14-16H2,1-2H3,(H2,22,24,25);1H. The topological polar surface area (TPSA) is 67.8 Å². The third-order valence-electron chi connectivity index (χ3n) is 4.63. The van der Waals surface area contributed by atoms with Crippen LogP contribution in [-0.4, -0.2) is 36.7 Å². The van der Waals surface area contributed by atoms with Gasteiger partial charge in [0.1, 0.15) is 12.4 Å². The summed E-state index contributed by atoms with van der Waals surface area (Å²) < 4.78 is 11.7. The number of hydrogen-bond donors (Lipinski definition) is 2. The Bertz CT molecular complexity index is 749. The Labute approximate surface area is 184 Å². The van der Waals surface area contributed by atoms with E-state index in [1.165, 1.54) is 0 Å². The Kier molecular flexibility index (Phi) is 8.98. The molecule has 1 unspecified atom stereocenters. The SMILES string of the molecule is CN=C(NCc1cccc(OCc2ccccn2)c1)NCC1(C)CCCO1.I. The molecule has 3 rings (SSSR count). The maximum Gasteiger partial charge on any atom is 0.191 e. The van der Waals surface area contributed by atoms with Gasteiger partial charge in [0.15, 0.2) is 5.96 Å². The number of nitrogens with one attached hydrogen (secondary N) is 2. The number of guanidine groups is 1. The van der Waals surface area contributed by atoms with Gasteiger partial charge < -0.3 is 20.1 Å². The predicted molar refractivity (Wildman–Crippen MR) is 122 cm³/mol. The van der Waals surface area contributed by atoms with E-state index in [1.807, 2.05) is 36.4 Å². The third kappa shape index (κ3) is 6.94. The average Bonchev–Trinajstić information content (AvgIpc) is 3.14. The minimum atomic E-state index is -0.100. The average molecular weight is 496 g/mol. The first kappa shape index (κ1) is 22.4. The highest BCUT2D eigenvalue weighted by Crippen LogP contribution is 2.23. The van der Waals surface area contributed by atoms with Gasteiger partial charge in [-0.2, -0.15) is 0 Å². The van der Waals surface area contributed by atoms with Gasteiger partial charge in [0.25, 0.3) is 0 Å². The zero-order chi connectivity index (χ0) is 19.0. The molecule has 0 aliphatic carbocycles. The first-order chi connectivity index (χ1) is 13.2. The third-order valence-corrected chi connectivity index (χ3v) is 4.63. The zero-order valence-corrected chi connectivity index (χ0v) is 18.8. The normalized spacial score (nSPS) is 19.0. The van der Waals surface area contributed by atoms with Crippen LogP contribution in [0.1, 0.15) is 31.0 Å². The Balaban J connectivity index is 0.00000280. The molecule has 1 aromatic carbocycles. The fraction of sp³-hybridized carbons (Fsp3) is 0.429. The number of halogens is 1. The molecule has 28 heavy (non-hydrogen) atoms. The molecule has 0 saturated carbocycles.